The number of halogens is 1. The Hall–Kier alpha value is -4.76. The van der Waals surface area contributed by atoms with Crippen molar-refractivity contribution in [1.82, 2.24) is 31.1 Å². The molecule has 65 heavy (non-hydrogen) atoms. The molecule has 374 valence electrons. The SMILES string of the molecule is C/C=C(\C)CC(C)CC/C=C(\C)C(=O)NCC(=O)NC(CCCCN)C(=O)N(C)CC.CC.CC(C)C.CCC(C)C(NC(=O)CN(C)C=O)C(=O)NCC(=O)O.Cc1ccc(Cl)cc1. The lowest BCUT2D eigenvalue weighted by Gasteiger charge is -2.24. The zero-order valence-corrected chi connectivity index (χ0v) is 43.3. The number of hydrogen-bond donors (Lipinski definition) is 6. The highest BCUT2D eigenvalue weighted by Gasteiger charge is 2.26. The number of unbranched alkanes of at least 4 members (excludes halogenated alkanes) is 1. The molecular formula is C49H88ClN7O8. The highest BCUT2D eigenvalue weighted by atomic mass is 35.5. The fourth-order valence-corrected chi connectivity index (χ4v) is 5.28. The molecule has 1 aromatic carbocycles. The van der Waals surface area contributed by atoms with E-state index in [0.29, 0.717) is 43.8 Å². The quantitative estimate of drug-likeness (QED) is 0.0270. The third-order valence-electron chi connectivity index (χ3n) is 9.28. The number of amides is 6. The summed E-state index contributed by atoms with van der Waals surface area (Å²) in [4.78, 5) is 84.2. The number of carbonyl (C=O) groups is 7. The average molecular weight is 939 g/mol. The van der Waals surface area contributed by atoms with Gasteiger partial charge in [0.15, 0.2) is 0 Å². The second kappa shape index (κ2) is 41.9. The Morgan fingerprint density at radius 2 is 1.43 bits per heavy atom. The second-order valence-corrected chi connectivity index (χ2v) is 16.9. The lowest BCUT2D eigenvalue weighted by Crippen LogP contribution is -2.52. The molecule has 0 saturated heterocycles. The molecule has 4 atom stereocenters. The predicted molar refractivity (Wildman–Crippen MR) is 266 cm³/mol. The third kappa shape index (κ3) is 39.3. The summed E-state index contributed by atoms with van der Waals surface area (Å²) in [6, 6.07) is 6.32. The van der Waals surface area contributed by atoms with Crippen molar-refractivity contribution in [3.05, 3.63) is 58.1 Å². The Bertz CT molecular complexity index is 1530. The van der Waals surface area contributed by atoms with Crippen molar-refractivity contribution in [3.63, 3.8) is 0 Å². The number of hydrogen-bond acceptors (Lipinski definition) is 8. The molecule has 4 unspecified atom stereocenters. The number of carboxylic acids is 1. The van der Waals surface area contributed by atoms with Crippen molar-refractivity contribution in [2.45, 2.75) is 147 Å². The Morgan fingerprint density at radius 1 is 0.862 bits per heavy atom. The normalized spacial score (nSPS) is 12.5. The van der Waals surface area contributed by atoms with Gasteiger partial charge in [0.2, 0.25) is 35.9 Å². The predicted octanol–water partition coefficient (Wildman–Crippen LogP) is 7.06. The van der Waals surface area contributed by atoms with Gasteiger partial charge in [0, 0.05) is 31.2 Å². The third-order valence-corrected chi connectivity index (χ3v) is 9.53. The van der Waals surface area contributed by atoms with E-state index in [1.54, 1.807) is 25.8 Å². The van der Waals surface area contributed by atoms with E-state index in [1.165, 1.54) is 18.2 Å². The van der Waals surface area contributed by atoms with Crippen molar-refractivity contribution in [2.75, 3.05) is 46.8 Å². The van der Waals surface area contributed by atoms with E-state index in [2.05, 4.69) is 62.0 Å². The van der Waals surface area contributed by atoms with Gasteiger partial charge in [-0.2, -0.15) is 0 Å². The van der Waals surface area contributed by atoms with E-state index < -0.39 is 36.4 Å². The van der Waals surface area contributed by atoms with Crippen LogP contribution in [0.2, 0.25) is 5.02 Å². The summed E-state index contributed by atoms with van der Waals surface area (Å²) in [6.07, 6.45) is 10.2. The van der Waals surface area contributed by atoms with Gasteiger partial charge in [-0.25, -0.2) is 0 Å². The van der Waals surface area contributed by atoms with Crippen LogP contribution in [0.25, 0.3) is 0 Å². The van der Waals surface area contributed by atoms with E-state index in [9.17, 15) is 33.6 Å². The largest absolute Gasteiger partial charge is 0.480 e. The van der Waals surface area contributed by atoms with Gasteiger partial charge in [-0.05, 0) is 110 Å². The molecule has 7 N–H and O–H groups in total. The maximum Gasteiger partial charge on any atom is 0.322 e. The molecule has 15 nitrogen and oxygen atoms in total. The fraction of sp³-hybridized carbons (Fsp3) is 0.653. The minimum atomic E-state index is -1.16. The van der Waals surface area contributed by atoms with Crippen LogP contribution in [-0.2, 0) is 33.6 Å². The molecule has 0 spiro atoms. The van der Waals surface area contributed by atoms with Gasteiger partial charge < -0.3 is 41.9 Å². The number of likely N-dealkylation sites (N-methyl/N-ethyl adjacent to an activating group) is 2. The Labute approximate surface area is 397 Å². The summed E-state index contributed by atoms with van der Waals surface area (Å²) in [5.41, 5.74) is 8.75. The zero-order chi connectivity index (χ0) is 51.1. The van der Waals surface area contributed by atoms with Gasteiger partial charge in [0.05, 0.1) is 13.1 Å². The fourth-order valence-electron chi connectivity index (χ4n) is 5.15. The molecule has 0 saturated carbocycles. The van der Waals surface area contributed by atoms with Gasteiger partial charge in [0.25, 0.3) is 0 Å². The number of allylic oxidation sites excluding steroid dienone is 3. The number of carbonyl (C=O) groups excluding carboxylic acids is 6. The summed E-state index contributed by atoms with van der Waals surface area (Å²) in [6.45, 7) is 26.5. The first-order chi connectivity index (χ1) is 30.5. The average Bonchev–Trinajstić information content (AvgIpc) is 3.27. The molecule has 6 amide bonds. The van der Waals surface area contributed by atoms with Crippen molar-refractivity contribution < 1.29 is 38.7 Å². The molecule has 0 heterocycles. The number of nitrogens with one attached hydrogen (secondary N) is 4. The van der Waals surface area contributed by atoms with Crippen LogP contribution in [0.15, 0.2) is 47.6 Å². The van der Waals surface area contributed by atoms with E-state index in [0.717, 1.165) is 47.9 Å². The maximum absolute atomic E-state index is 12.5. The number of nitrogens with two attached hydrogens (primary N) is 1. The Morgan fingerprint density at radius 3 is 1.89 bits per heavy atom. The Kier molecular flexibility index (Phi) is 43.1. The first-order valence-electron chi connectivity index (χ1n) is 23.0. The van der Waals surface area contributed by atoms with Crippen LogP contribution in [0, 0.1) is 24.7 Å². The molecule has 0 radical (unpaired) electrons. The maximum atomic E-state index is 12.5. The Balaban J connectivity index is -0.000000461. The van der Waals surface area contributed by atoms with Crippen LogP contribution in [0.1, 0.15) is 134 Å². The molecule has 0 aliphatic heterocycles. The van der Waals surface area contributed by atoms with Crippen molar-refractivity contribution in [3.8, 4) is 0 Å². The van der Waals surface area contributed by atoms with Crippen LogP contribution in [0.3, 0.4) is 0 Å². The number of rotatable bonds is 24. The topological polar surface area (TPSA) is 220 Å². The van der Waals surface area contributed by atoms with Gasteiger partial charge >= 0.3 is 5.97 Å². The molecule has 1 aromatic rings. The lowest BCUT2D eigenvalue weighted by atomic mass is 9.96. The highest BCUT2D eigenvalue weighted by Crippen LogP contribution is 2.17. The number of aliphatic carboxylic acids is 1. The van der Waals surface area contributed by atoms with Crippen molar-refractivity contribution in [1.29, 1.82) is 0 Å². The molecule has 16 heteroatoms. The second-order valence-electron chi connectivity index (χ2n) is 16.4. The van der Waals surface area contributed by atoms with E-state index in [4.69, 9.17) is 22.4 Å². The molecule has 0 aliphatic rings. The molecule has 0 fully saturated rings. The van der Waals surface area contributed by atoms with E-state index in [1.807, 2.05) is 71.9 Å². The minimum absolute atomic E-state index is 0.127. The van der Waals surface area contributed by atoms with Crippen molar-refractivity contribution >= 4 is 53.5 Å². The molecule has 0 aliphatic carbocycles. The number of aryl methyl sites for hydroxylation is 1. The van der Waals surface area contributed by atoms with Crippen LogP contribution in [-0.4, -0.2) is 116 Å². The van der Waals surface area contributed by atoms with Crippen LogP contribution in [0.4, 0.5) is 0 Å². The first kappa shape index (κ1) is 66.8. The standard InChI is InChI=1S/C24H44N4O3.C12H21N3O5.C7H7Cl.C4H10.C2H6/c1-7-18(3)16-19(4)12-11-13-20(5)23(30)26-17-22(29)27-21(14-9-10-15-25)24(31)28(6)8-2;1-4-8(2)11(12(20)13-5-10(18)19)14-9(17)6-15(3)7-16;1-6-2-4-7(8)5-3-6;1-4(2)3;1-2/h7,13,19,21H,8-12,14-17,25H2,1-6H3,(H,26,30)(H,27,29);7-8,11H,4-6H2,1-3H3,(H,13,20)(H,14,17)(H,18,19);2-5H,1H3;4H,1-3H3;1-2H3/b18-7+,20-13+;;;;. The molecule has 0 bridgehead atoms. The zero-order valence-electron chi connectivity index (χ0n) is 42.6. The first-order valence-corrected chi connectivity index (χ1v) is 23.3. The van der Waals surface area contributed by atoms with Gasteiger partial charge in [-0.1, -0.05) is 109 Å². The summed E-state index contributed by atoms with van der Waals surface area (Å²) < 4.78 is 0. The smallest absolute Gasteiger partial charge is 0.322 e. The lowest BCUT2D eigenvalue weighted by molar-refractivity contribution is -0.138. The van der Waals surface area contributed by atoms with Crippen molar-refractivity contribution in [2.24, 2.45) is 23.5 Å². The molecule has 1 rings (SSSR count). The number of benzene rings is 1. The van der Waals surface area contributed by atoms with E-state index in [-0.39, 0.29) is 36.7 Å². The molecule has 0 aromatic heterocycles. The van der Waals surface area contributed by atoms with Crippen LogP contribution >= 0.6 is 11.6 Å². The van der Waals surface area contributed by atoms with Gasteiger partial charge in [-0.15, -0.1) is 0 Å². The molecular weight excluding hydrogens is 850 g/mol. The monoisotopic (exact) mass is 938 g/mol. The number of nitrogens with zero attached hydrogens (tertiary/aromatic N) is 2. The van der Waals surface area contributed by atoms with Crippen LogP contribution < -0.4 is 27.0 Å². The summed E-state index contributed by atoms with van der Waals surface area (Å²) in [5, 5.41) is 19.5. The number of carboxylic acid groups (broad SMARTS) is 1. The summed E-state index contributed by atoms with van der Waals surface area (Å²) >= 11 is 5.61. The van der Waals surface area contributed by atoms with Gasteiger partial charge in [-0.3, -0.25) is 33.6 Å². The minimum Gasteiger partial charge on any atom is -0.480 e. The summed E-state index contributed by atoms with van der Waals surface area (Å²) in [7, 11) is 3.15. The highest BCUT2D eigenvalue weighted by molar-refractivity contribution is 6.30. The summed E-state index contributed by atoms with van der Waals surface area (Å²) in [5.74, 6) is -1.71. The van der Waals surface area contributed by atoms with Gasteiger partial charge in [0.1, 0.15) is 18.6 Å². The van der Waals surface area contributed by atoms with E-state index >= 15 is 0 Å². The van der Waals surface area contributed by atoms with Crippen LogP contribution in [0.5, 0.6) is 0 Å².